The highest BCUT2D eigenvalue weighted by Gasteiger charge is 2.26. The predicted octanol–water partition coefficient (Wildman–Crippen LogP) is 3.56. The molecule has 1 unspecified atom stereocenters. The van der Waals surface area contributed by atoms with E-state index in [9.17, 15) is 0 Å². The fourth-order valence-corrected chi connectivity index (χ4v) is 3.84. The first-order chi connectivity index (χ1) is 14.1. The molecule has 0 saturated carbocycles. The molecule has 0 aliphatic carbocycles. The van der Waals surface area contributed by atoms with Crippen LogP contribution in [-0.4, -0.2) is 53.9 Å². The molecule has 1 saturated heterocycles. The molecule has 0 spiro atoms. The highest BCUT2D eigenvalue weighted by molar-refractivity contribution is 5.36. The highest BCUT2D eigenvalue weighted by atomic mass is 16.6. The fourth-order valence-electron chi connectivity index (χ4n) is 3.84. The Morgan fingerprint density at radius 2 is 1.93 bits per heavy atom. The fraction of sp³-hybridized carbons (Fsp3) is 0.545. The Morgan fingerprint density at radius 3 is 2.72 bits per heavy atom. The minimum absolute atomic E-state index is 0.197. The molecule has 4 rings (SSSR count). The second-order valence-corrected chi connectivity index (χ2v) is 7.48. The lowest BCUT2D eigenvalue weighted by Gasteiger charge is -2.36. The summed E-state index contributed by atoms with van der Waals surface area (Å²) in [7, 11) is 0. The van der Waals surface area contributed by atoms with Crippen LogP contribution in [0.25, 0.3) is 0 Å². The minimum Gasteiger partial charge on any atom is -0.490 e. The Labute approximate surface area is 172 Å². The molecule has 1 fully saturated rings. The molecule has 2 aliphatic rings. The van der Waals surface area contributed by atoms with E-state index in [0.29, 0.717) is 31.6 Å². The van der Waals surface area contributed by atoms with Crippen LogP contribution >= 0.6 is 0 Å². The molecule has 2 aromatic heterocycles. The number of likely N-dealkylation sites (tertiary alicyclic amines) is 1. The van der Waals surface area contributed by atoms with E-state index in [4.69, 9.17) is 18.9 Å². The molecule has 1 atom stereocenters. The van der Waals surface area contributed by atoms with Crippen molar-refractivity contribution in [3.8, 4) is 23.3 Å². The van der Waals surface area contributed by atoms with Crippen LogP contribution in [0.4, 0.5) is 0 Å². The predicted molar refractivity (Wildman–Crippen MR) is 109 cm³/mol. The molecule has 0 radical (unpaired) electrons. The average molecular weight is 399 g/mol. The highest BCUT2D eigenvalue weighted by Crippen LogP contribution is 2.32. The van der Waals surface area contributed by atoms with E-state index in [-0.39, 0.29) is 12.1 Å². The van der Waals surface area contributed by atoms with E-state index in [1.54, 1.807) is 0 Å². The first-order valence-electron chi connectivity index (χ1n) is 10.4. The maximum atomic E-state index is 6.23. The molecule has 0 bridgehead atoms. The van der Waals surface area contributed by atoms with Crippen LogP contribution in [-0.2, 0) is 0 Å². The van der Waals surface area contributed by atoms with Gasteiger partial charge in [-0.25, -0.2) is 9.97 Å². The van der Waals surface area contributed by atoms with Crippen molar-refractivity contribution >= 4 is 0 Å². The van der Waals surface area contributed by atoms with Gasteiger partial charge in [-0.2, -0.15) is 0 Å². The molecule has 0 aromatic carbocycles. The van der Waals surface area contributed by atoms with Gasteiger partial charge in [0.1, 0.15) is 25.1 Å². The van der Waals surface area contributed by atoms with Gasteiger partial charge in [-0.15, -0.1) is 0 Å². The lowest BCUT2D eigenvalue weighted by Crippen LogP contribution is -2.39. The number of fused-ring (bicyclic) bond motifs is 1. The summed E-state index contributed by atoms with van der Waals surface area (Å²) in [6, 6.07) is 8.07. The van der Waals surface area contributed by atoms with Crippen molar-refractivity contribution in [1.29, 1.82) is 0 Å². The number of nitrogens with zero attached hydrogens (tertiary/aromatic N) is 3. The van der Waals surface area contributed by atoms with Crippen molar-refractivity contribution in [3.63, 3.8) is 0 Å². The molecule has 2 aliphatic heterocycles. The zero-order chi connectivity index (χ0) is 20.2. The van der Waals surface area contributed by atoms with Crippen LogP contribution in [0.15, 0.2) is 24.3 Å². The van der Waals surface area contributed by atoms with E-state index < -0.39 is 0 Å². The van der Waals surface area contributed by atoms with Crippen LogP contribution in [0.5, 0.6) is 23.3 Å². The Morgan fingerprint density at radius 1 is 1.14 bits per heavy atom. The number of piperidine rings is 1. The van der Waals surface area contributed by atoms with Gasteiger partial charge in [-0.05, 0) is 45.7 Å². The van der Waals surface area contributed by atoms with Crippen LogP contribution < -0.4 is 18.9 Å². The van der Waals surface area contributed by atoms with Gasteiger partial charge in [-0.3, -0.25) is 4.90 Å². The molecule has 156 valence electrons. The van der Waals surface area contributed by atoms with E-state index in [0.717, 1.165) is 48.8 Å². The zero-order valence-electron chi connectivity index (χ0n) is 17.4. The standard InChI is InChI=1S/C22H29N3O4/c1-4-26-21-14-18(13-15(2)23-21)29-17-7-9-25(10-8-17)16(3)19-5-6-20-22(24-19)28-12-11-27-20/h5-6,13-14,16-17H,4,7-12H2,1-3H3. The molecular formula is C22H29N3O4. The molecule has 29 heavy (non-hydrogen) atoms. The Bertz CT molecular complexity index is 837. The first kappa shape index (κ1) is 19.8. The number of rotatable bonds is 6. The Hall–Kier alpha value is -2.54. The van der Waals surface area contributed by atoms with Crippen LogP contribution in [0, 0.1) is 6.92 Å². The van der Waals surface area contributed by atoms with Gasteiger partial charge >= 0.3 is 0 Å². The summed E-state index contributed by atoms with van der Waals surface area (Å²) >= 11 is 0. The summed E-state index contributed by atoms with van der Waals surface area (Å²) in [5.41, 5.74) is 1.92. The van der Waals surface area contributed by atoms with Gasteiger partial charge < -0.3 is 18.9 Å². The molecule has 0 amide bonds. The normalized spacial score (nSPS) is 18.3. The summed E-state index contributed by atoms with van der Waals surface area (Å²) in [4.78, 5) is 11.5. The lowest BCUT2D eigenvalue weighted by atomic mass is 10.0. The van der Waals surface area contributed by atoms with E-state index in [2.05, 4.69) is 21.8 Å². The molecule has 7 nitrogen and oxygen atoms in total. The summed E-state index contributed by atoms with van der Waals surface area (Å²) in [6.45, 7) is 9.77. The third kappa shape index (κ3) is 4.72. The summed E-state index contributed by atoms with van der Waals surface area (Å²) in [5, 5.41) is 0. The minimum atomic E-state index is 0.197. The van der Waals surface area contributed by atoms with Gasteiger partial charge in [0.05, 0.1) is 12.3 Å². The Balaban J connectivity index is 1.34. The topological polar surface area (TPSA) is 65.9 Å². The van der Waals surface area contributed by atoms with Crippen molar-refractivity contribution in [2.45, 2.75) is 45.8 Å². The number of aromatic nitrogens is 2. The van der Waals surface area contributed by atoms with Crippen molar-refractivity contribution in [2.75, 3.05) is 32.9 Å². The number of hydrogen-bond donors (Lipinski definition) is 0. The van der Waals surface area contributed by atoms with E-state index >= 15 is 0 Å². The van der Waals surface area contributed by atoms with Crippen molar-refractivity contribution in [1.82, 2.24) is 14.9 Å². The smallest absolute Gasteiger partial charge is 0.257 e. The number of pyridine rings is 2. The quantitative estimate of drug-likeness (QED) is 0.736. The van der Waals surface area contributed by atoms with E-state index in [1.165, 1.54) is 0 Å². The molecule has 7 heteroatoms. The maximum absolute atomic E-state index is 6.23. The van der Waals surface area contributed by atoms with Gasteiger partial charge in [0.15, 0.2) is 5.75 Å². The van der Waals surface area contributed by atoms with Crippen molar-refractivity contribution < 1.29 is 18.9 Å². The van der Waals surface area contributed by atoms with Crippen LogP contribution in [0.2, 0.25) is 0 Å². The lowest BCUT2D eigenvalue weighted by molar-refractivity contribution is 0.0778. The SMILES string of the molecule is CCOc1cc(OC2CCN(C(C)c3ccc4c(n3)OCCO4)CC2)cc(C)n1. The van der Waals surface area contributed by atoms with Gasteiger partial charge in [0.25, 0.3) is 5.88 Å². The number of aryl methyl sites for hydroxylation is 1. The maximum Gasteiger partial charge on any atom is 0.257 e. The monoisotopic (exact) mass is 399 g/mol. The van der Waals surface area contributed by atoms with E-state index in [1.807, 2.05) is 38.1 Å². The number of ether oxygens (including phenoxy) is 4. The molecule has 4 heterocycles. The average Bonchev–Trinajstić information content (AvgIpc) is 2.73. The van der Waals surface area contributed by atoms with Crippen LogP contribution in [0.3, 0.4) is 0 Å². The first-order valence-corrected chi connectivity index (χ1v) is 10.4. The summed E-state index contributed by atoms with van der Waals surface area (Å²) in [6.07, 6.45) is 2.14. The second-order valence-electron chi connectivity index (χ2n) is 7.48. The largest absolute Gasteiger partial charge is 0.490 e. The molecule has 2 aromatic rings. The van der Waals surface area contributed by atoms with Crippen LogP contribution in [0.1, 0.15) is 44.1 Å². The molecular weight excluding hydrogens is 370 g/mol. The summed E-state index contributed by atoms with van der Waals surface area (Å²) in [5.74, 6) is 2.80. The second kappa shape index (κ2) is 8.86. The van der Waals surface area contributed by atoms with Crippen molar-refractivity contribution in [2.24, 2.45) is 0 Å². The van der Waals surface area contributed by atoms with Gasteiger partial charge in [-0.1, -0.05) is 0 Å². The van der Waals surface area contributed by atoms with Gasteiger partial charge in [0.2, 0.25) is 5.88 Å². The number of hydrogen-bond acceptors (Lipinski definition) is 7. The summed E-state index contributed by atoms with van der Waals surface area (Å²) < 4.78 is 23.0. The third-order valence-corrected chi connectivity index (χ3v) is 5.38. The van der Waals surface area contributed by atoms with Gasteiger partial charge in [0, 0.05) is 37.0 Å². The third-order valence-electron chi connectivity index (χ3n) is 5.38. The Kier molecular flexibility index (Phi) is 6.04. The van der Waals surface area contributed by atoms with Crippen molar-refractivity contribution in [3.05, 3.63) is 35.7 Å². The zero-order valence-corrected chi connectivity index (χ0v) is 17.4. The molecule has 0 N–H and O–H groups in total.